The van der Waals surface area contributed by atoms with E-state index in [-0.39, 0.29) is 11.8 Å². The van der Waals surface area contributed by atoms with Gasteiger partial charge < -0.3 is 15.5 Å². The highest BCUT2D eigenvalue weighted by Crippen LogP contribution is 2.25. The maximum atomic E-state index is 11.7. The number of aromatic nitrogens is 1. The van der Waals surface area contributed by atoms with Crippen LogP contribution in [0.4, 0.5) is 22.9 Å². The molecule has 0 radical (unpaired) electrons. The molecule has 1 aromatic heterocycles. The number of pyridine rings is 1. The number of amides is 1. The maximum absolute atomic E-state index is 11.7. The molecule has 1 amide bonds. The van der Waals surface area contributed by atoms with Crippen molar-refractivity contribution in [3.05, 3.63) is 42.6 Å². The first-order valence-corrected chi connectivity index (χ1v) is 9.40. The van der Waals surface area contributed by atoms with Crippen LogP contribution in [0.5, 0.6) is 0 Å². The summed E-state index contributed by atoms with van der Waals surface area (Å²) in [5.74, 6) is 1.33. The first kappa shape index (κ1) is 18.2. The molecule has 0 saturated carbocycles. The van der Waals surface area contributed by atoms with E-state index in [4.69, 9.17) is 0 Å². The van der Waals surface area contributed by atoms with E-state index in [1.807, 2.05) is 26.0 Å². The lowest BCUT2D eigenvalue weighted by atomic mass is 9.99. The van der Waals surface area contributed by atoms with Crippen LogP contribution in [-0.4, -0.2) is 24.0 Å². The van der Waals surface area contributed by atoms with E-state index in [1.54, 1.807) is 6.20 Å². The van der Waals surface area contributed by atoms with Gasteiger partial charge in [0.05, 0.1) is 11.9 Å². The summed E-state index contributed by atoms with van der Waals surface area (Å²) in [6, 6.07) is 12.3. The second-order valence-corrected chi connectivity index (χ2v) is 7.42. The van der Waals surface area contributed by atoms with Crippen LogP contribution in [0.15, 0.2) is 42.6 Å². The van der Waals surface area contributed by atoms with Crippen molar-refractivity contribution >= 4 is 28.8 Å². The summed E-state index contributed by atoms with van der Waals surface area (Å²) in [6.07, 6.45) is 4.27. The molecule has 0 spiro atoms. The van der Waals surface area contributed by atoms with Gasteiger partial charge in [-0.05, 0) is 55.2 Å². The molecule has 2 heterocycles. The lowest BCUT2D eigenvalue weighted by molar-refractivity contribution is -0.118. The molecule has 2 N–H and O–H groups in total. The zero-order chi connectivity index (χ0) is 18.5. The number of nitrogens with one attached hydrogen (secondary N) is 2. The largest absolute Gasteiger partial charge is 0.372 e. The molecular formula is C21H28N4O. The van der Waals surface area contributed by atoms with E-state index in [9.17, 15) is 4.79 Å². The molecular weight excluding hydrogens is 324 g/mol. The zero-order valence-corrected chi connectivity index (χ0v) is 15.8. The Hall–Kier alpha value is -2.56. The number of carbonyl (C=O) groups is 1. The molecule has 138 valence electrons. The average molecular weight is 352 g/mol. The molecule has 0 unspecified atom stereocenters. The molecule has 26 heavy (non-hydrogen) atoms. The molecule has 1 fully saturated rings. The molecule has 0 atom stereocenters. The molecule has 1 aliphatic rings. The standard InChI is InChI=1S/C21H28N4O/c1-15(2)21(26)24-20-9-6-18(14-22-20)23-17-4-7-19(8-5-17)25-12-10-16(3)11-13-25/h4-9,14-16,23H,10-13H2,1-3H3,(H,22,24,26). The van der Waals surface area contributed by atoms with E-state index >= 15 is 0 Å². The quantitative estimate of drug-likeness (QED) is 0.822. The molecule has 0 aliphatic carbocycles. The highest BCUT2D eigenvalue weighted by atomic mass is 16.1. The molecule has 2 aromatic rings. The molecule has 1 aliphatic heterocycles. The van der Waals surface area contributed by atoms with Crippen LogP contribution < -0.4 is 15.5 Å². The number of anilines is 4. The number of carbonyl (C=O) groups excluding carboxylic acids is 1. The molecule has 3 rings (SSSR count). The van der Waals surface area contributed by atoms with Crippen molar-refractivity contribution in [3.8, 4) is 0 Å². The number of hydrogen-bond acceptors (Lipinski definition) is 4. The Morgan fingerprint density at radius 3 is 2.31 bits per heavy atom. The summed E-state index contributed by atoms with van der Waals surface area (Å²) in [5, 5.41) is 6.15. The van der Waals surface area contributed by atoms with Gasteiger partial charge >= 0.3 is 0 Å². The maximum Gasteiger partial charge on any atom is 0.228 e. The summed E-state index contributed by atoms with van der Waals surface area (Å²) in [6.45, 7) is 8.33. The molecule has 0 bridgehead atoms. The third-order valence-electron chi connectivity index (χ3n) is 4.84. The van der Waals surface area contributed by atoms with E-state index in [1.165, 1.54) is 18.5 Å². The topological polar surface area (TPSA) is 57.3 Å². The Kier molecular flexibility index (Phi) is 5.76. The Balaban J connectivity index is 1.58. The van der Waals surface area contributed by atoms with Gasteiger partial charge in [-0.15, -0.1) is 0 Å². The number of rotatable bonds is 5. The van der Waals surface area contributed by atoms with Crippen molar-refractivity contribution in [2.75, 3.05) is 28.6 Å². The van der Waals surface area contributed by atoms with Crippen molar-refractivity contribution in [1.82, 2.24) is 4.98 Å². The second-order valence-electron chi connectivity index (χ2n) is 7.42. The molecule has 1 aromatic carbocycles. The van der Waals surface area contributed by atoms with Crippen molar-refractivity contribution < 1.29 is 4.79 Å². The van der Waals surface area contributed by atoms with Gasteiger partial charge in [-0.3, -0.25) is 4.79 Å². The number of benzene rings is 1. The first-order chi connectivity index (χ1) is 12.5. The molecule has 1 saturated heterocycles. The van der Waals surface area contributed by atoms with E-state index in [2.05, 4.69) is 51.7 Å². The predicted octanol–water partition coefficient (Wildman–Crippen LogP) is 4.66. The van der Waals surface area contributed by atoms with Crippen molar-refractivity contribution in [3.63, 3.8) is 0 Å². The zero-order valence-electron chi connectivity index (χ0n) is 15.8. The number of piperidine rings is 1. The second kappa shape index (κ2) is 8.21. The van der Waals surface area contributed by atoms with Gasteiger partial charge in [0.25, 0.3) is 0 Å². The fourth-order valence-corrected chi connectivity index (χ4v) is 3.00. The average Bonchev–Trinajstić information content (AvgIpc) is 2.64. The van der Waals surface area contributed by atoms with Crippen molar-refractivity contribution in [1.29, 1.82) is 0 Å². The van der Waals surface area contributed by atoms with Crippen LogP contribution in [0, 0.1) is 11.8 Å². The van der Waals surface area contributed by atoms with Crippen molar-refractivity contribution in [2.24, 2.45) is 11.8 Å². The van der Waals surface area contributed by atoms with E-state index in [0.717, 1.165) is 30.4 Å². The van der Waals surface area contributed by atoms with Gasteiger partial charge in [-0.25, -0.2) is 4.98 Å². The van der Waals surface area contributed by atoms with Gasteiger partial charge in [0, 0.05) is 30.4 Å². The van der Waals surface area contributed by atoms with E-state index < -0.39 is 0 Å². The minimum absolute atomic E-state index is 0.0269. The highest BCUT2D eigenvalue weighted by Gasteiger charge is 2.15. The van der Waals surface area contributed by atoms with Gasteiger partial charge in [0.1, 0.15) is 5.82 Å². The highest BCUT2D eigenvalue weighted by molar-refractivity contribution is 5.91. The third kappa shape index (κ3) is 4.75. The Bertz CT molecular complexity index is 717. The Morgan fingerprint density at radius 2 is 1.73 bits per heavy atom. The number of nitrogens with zero attached hydrogens (tertiary/aromatic N) is 2. The fourth-order valence-electron chi connectivity index (χ4n) is 3.00. The first-order valence-electron chi connectivity index (χ1n) is 9.40. The monoisotopic (exact) mass is 352 g/mol. The van der Waals surface area contributed by atoms with Crippen LogP contribution in [-0.2, 0) is 4.79 Å². The Labute approximate surface area is 155 Å². The van der Waals surface area contributed by atoms with Crippen molar-refractivity contribution in [2.45, 2.75) is 33.6 Å². The van der Waals surface area contributed by atoms with Crippen LogP contribution in [0.1, 0.15) is 33.6 Å². The lowest BCUT2D eigenvalue weighted by Gasteiger charge is -2.32. The summed E-state index contributed by atoms with van der Waals surface area (Å²) in [4.78, 5) is 18.4. The predicted molar refractivity (Wildman–Crippen MR) is 108 cm³/mol. The SMILES string of the molecule is CC1CCN(c2ccc(Nc3ccc(NC(=O)C(C)C)nc3)cc2)CC1. The summed E-state index contributed by atoms with van der Waals surface area (Å²) in [5.41, 5.74) is 3.21. The van der Waals surface area contributed by atoms with Gasteiger partial charge in [0.15, 0.2) is 0 Å². The molecule has 5 nitrogen and oxygen atoms in total. The minimum Gasteiger partial charge on any atom is -0.372 e. The van der Waals surface area contributed by atoms with E-state index in [0.29, 0.717) is 5.82 Å². The minimum atomic E-state index is -0.0590. The lowest BCUT2D eigenvalue weighted by Crippen LogP contribution is -2.32. The van der Waals surface area contributed by atoms with Gasteiger partial charge in [-0.2, -0.15) is 0 Å². The van der Waals surface area contributed by atoms with Crippen LogP contribution in [0.2, 0.25) is 0 Å². The smallest absolute Gasteiger partial charge is 0.228 e. The van der Waals surface area contributed by atoms with Crippen LogP contribution >= 0.6 is 0 Å². The third-order valence-corrected chi connectivity index (χ3v) is 4.84. The Morgan fingerprint density at radius 1 is 1.08 bits per heavy atom. The summed E-state index contributed by atoms with van der Waals surface area (Å²) < 4.78 is 0. The number of hydrogen-bond donors (Lipinski definition) is 2. The van der Waals surface area contributed by atoms with Gasteiger partial charge in [-0.1, -0.05) is 20.8 Å². The normalized spacial score (nSPS) is 15.2. The van der Waals surface area contributed by atoms with Gasteiger partial charge in [0.2, 0.25) is 5.91 Å². The summed E-state index contributed by atoms with van der Waals surface area (Å²) >= 11 is 0. The molecule has 5 heteroatoms. The fraction of sp³-hybridized carbons (Fsp3) is 0.429. The van der Waals surface area contributed by atoms with Crippen LogP contribution in [0.3, 0.4) is 0 Å². The summed E-state index contributed by atoms with van der Waals surface area (Å²) in [7, 11) is 0. The van der Waals surface area contributed by atoms with Crippen LogP contribution in [0.25, 0.3) is 0 Å².